The van der Waals surface area contributed by atoms with E-state index in [1.54, 1.807) is 32.8 Å². The minimum Gasteiger partial charge on any atom is -0.497 e. The number of likely N-dealkylation sites (tertiary alicyclic amines) is 1. The highest BCUT2D eigenvalue weighted by atomic mass is 16.5. The van der Waals surface area contributed by atoms with E-state index in [9.17, 15) is 9.59 Å². The van der Waals surface area contributed by atoms with Crippen molar-refractivity contribution in [3.05, 3.63) is 29.8 Å². The fraction of sp³-hybridized carbons (Fsp3) is 0.680. The molecule has 0 spiro atoms. The molecule has 0 aliphatic carbocycles. The second kappa shape index (κ2) is 12.1. The predicted molar refractivity (Wildman–Crippen MR) is 120 cm³/mol. The van der Waals surface area contributed by atoms with Gasteiger partial charge in [0.05, 0.1) is 19.8 Å². The molecule has 1 aromatic rings. The Kier molecular flexibility index (Phi) is 9.83. The van der Waals surface area contributed by atoms with Crippen molar-refractivity contribution in [2.24, 2.45) is 5.41 Å². The molecule has 2 rings (SSSR count). The molecule has 1 fully saturated rings. The van der Waals surface area contributed by atoms with Crippen LogP contribution in [0, 0.1) is 5.41 Å². The summed E-state index contributed by atoms with van der Waals surface area (Å²) in [4.78, 5) is 26.8. The number of unbranched alkanes of at least 4 members (excludes halogenated alkanes) is 3. The number of aryl methyl sites for hydroxylation is 1. The molecule has 1 amide bonds. The first-order valence-electron chi connectivity index (χ1n) is 11.4. The zero-order chi connectivity index (χ0) is 22.0. The number of hydrogen-bond donors (Lipinski definition) is 0. The zero-order valence-electron chi connectivity index (χ0n) is 19.2. The molecule has 0 radical (unpaired) electrons. The van der Waals surface area contributed by atoms with Gasteiger partial charge in [0.15, 0.2) is 0 Å². The fourth-order valence-corrected chi connectivity index (χ4v) is 3.79. The summed E-state index contributed by atoms with van der Waals surface area (Å²) < 4.78 is 11.1. The smallest absolute Gasteiger partial charge is 0.290 e. The van der Waals surface area contributed by atoms with Crippen LogP contribution in [0.25, 0.3) is 0 Å². The van der Waals surface area contributed by atoms with Gasteiger partial charge in [-0.25, -0.2) is 0 Å². The van der Waals surface area contributed by atoms with E-state index in [0.717, 1.165) is 44.3 Å². The van der Waals surface area contributed by atoms with Crippen LogP contribution in [0.15, 0.2) is 24.3 Å². The molecule has 30 heavy (non-hydrogen) atoms. The van der Waals surface area contributed by atoms with Crippen LogP contribution in [0.4, 0.5) is 0 Å². The van der Waals surface area contributed by atoms with Gasteiger partial charge in [0.1, 0.15) is 5.75 Å². The summed E-state index contributed by atoms with van der Waals surface area (Å²) in [5.41, 5.74) is 0.713. The number of methoxy groups -OCH3 is 1. The third-order valence-corrected chi connectivity index (χ3v) is 5.74. The summed E-state index contributed by atoms with van der Waals surface area (Å²) in [6.07, 6.45) is 8.60. The summed E-state index contributed by atoms with van der Waals surface area (Å²) in [7, 11) is 1.69. The lowest BCUT2D eigenvalue weighted by molar-refractivity contribution is -0.152. The predicted octanol–water partition coefficient (Wildman–Crippen LogP) is 4.81. The zero-order valence-corrected chi connectivity index (χ0v) is 19.2. The fourth-order valence-electron chi connectivity index (χ4n) is 3.79. The summed E-state index contributed by atoms with van der Waals surface area (Å²) in [6.45, 7) is 7.33. The van der Waals surface area contributed by atoms with Crippen LogP contribution in [0.3, 0.4) is 0 Å². The highest BCUT2D eigenvalue weighted by molar-refractivity contribution is 6.37. The molecule has 1 heterocycles. The maximum absolute atomic E-state index is 12.6. The molecule has 5 heteroatoms. The van der Waals surface area contributed by atoms with Crippen molar-refractivity contribution in [3.8, 4) is 5.75 Å². The van der Waals surface area contributed by atoms with Gasteiger partial charge in [-0.15, -0.1) is 0 Å². The first-order chi connectivity index (χ1) is 14.3. The molecule has 1 aliphatic heterocycles. The maximum atomic E-state index is 12.6. The van der Waals surface area contributed by atoms with Crippen molar-refractivity contribution in [1.82, 2.24) is 4.90 Å². The molecule has 0 aromatic heterocycles. The van der Waals surface area contributed by atoms with Crippen LogP contribution in [-0.2, 0) is 20.7 Å². The topological polar surface area (TPSA) is 55.8 Å². The van der Waals surface area contributed by atoms with Crippen molar-refractivity contribution in [2.45, 2.75) is 78.2 Å². The van der Waals surface area contributed by atoms with Crippen LogP contribution in [0.1, 0.15) is 71.3 Å². The molecular formula is C25H39NO4. The number of ether oxygens (including phenoxy) is 2. The normalized spacial score (nSPS) is 17.1. The number of amides is 1. The molecule has 0 unspecified atom stereocenters. The molecule has 1 aromatic carbocycles. The Balaban J connectivity index is 1.61. The second-order valence-electron chi connectivity index (χ2n) is 9.31. The van der Waals surface area contributed by atoms with E-state index in [-0.39, 0.29) is 17.7 Å². The van der Waals surface area contributed by atoms with Crippen molar-refractivity contribution in [2.75, 3.05) is 26.9 Å². The van der Waals surface area contributed by atoms with E-state index >= 15 is 0 Å². The monoisotopic (exact) mass is 417 g/mol. The highest BCUT2D eigenvalue weighted by Gasteiger charge is 2.36. The van der Waals surface area contributed by atoms with Crippen molar-refractivity contribution in [3.63, 3.8) is 0 Å². The van der Waals surface area contributed by atoms with Crippen LogP contribution < -0.4 is 4.74 Å². The van der Waals surface area contributed by atoms with Gasteiger partial charge in [0, 0.05) is 18.6 Å². The number of nitrogens with zero attached hydrogens (tertiary/aromatic N) is 1. The number of benzene rings is 1. The first kappa shape index (κ1) is 24.4. The average molecular weight is 418 g/mol. The molecule has 0 N–H and O–H groups in total. The largest absolute Gasteiger partial charge is 0.497 e. The van der Waals surface area contributed by atoms with E-state index in [2.05, 4.69) is 12.1 Å². The lowest BCUT2D eigenvalue weighted by Gasteiger charge is -2.36. The van der Waals surface area contributed by atoms with Crippen LogP contribution in [0.2, 0.25) is 0 Å². The minimum absolute atomic E-state index is 0.0348. The van der Waals surface area contributed by atoms with Gasteiger partial charge in [0.25, 0.3) is 5.91 Å². The summed E-state index contributed by atoms with van der Waals surface area (Å²) >= 11 is 0. The molecule has 1 aliphatic rings. The van der Waals surface area contributed by atoms with Gasteiger partial charge in [0.2, 0.25) is 5.78 Å². The van der Waals surface area contributed by atoms with Crippen LogP contribution in [-0.4, -0.2) is 49.5 Å². The number of piperidine rings is 1. The summed E-state index contributed by atoms with van der Waals surface area (Å²) in [6, 6.07) is 8.31. The number of rotatable bonds is 11. The Morgan fingerprint density at radius 1 is 1.03 bits per heavy atom. The second-order valence-corrected chi connectivity index (χ2v) is 9.31. The third kappa shape index (κ3) is 7.75. The Morgan fingerprint density at radius 3 is 2.40 bits per heavy atom. The van der Waals surface area contributed by atoms with E-state index in [0.29, 0.717) is 19.8 Å². The van der Waals surface area contributed by atoms with E-state index < -0.39 is 5.41 Å². The summed E-state index contributed by atoms with van der Waals surface area (Å²) in [5.74, 6) is 0.262. The van der Waals surface area contributed by atoms with Gasteiger partial charge in [-0.2, -0.15) is 0 Å². The van der Waals surface area contributed by atoms with Crippen molar-refractivity contribution >= 4 is 11.7 Å². The van der Waals surface area contributed by atoms with Gasteiger partial charge in [-0.05, 0) is 56.2 Å². The number of Topliss-reactive ketones (excluding diaryl/α,β-unsaturated/α-hetero) is 1. The highest BCUT2D eigenvalue weighted by Crippen LogP contribution is 2.22. The Labute approximate surface area is 182 Å². The third-order valence-electron chi connectivity index (χ3n) is 5.74. The SMILES string of the molecule is COc1ccc(CCCCCCOC[C@@H]2CCCCN2C(=O)C(=O)C(C)(C)C)cc1. The number of carbonyl (C=O) groups excluding carboxylic acids is 2. The van der Waals surface area contributed by atoms with E-state index in [1.165, 1.54) is 18.4 Å². The van der Waals surface area contributed by atoms with Crippen molar-refractivity contribution < 1.29 is 19.1 Å². The molecular weight excluding hydrogens is 378 g/mol. The molecule has 1 saturated heterocycles. The molecule has 1 atom stereocenters. The Bertz CT molecular complexity index is 663. The molecule has 168 valence electrons. The summed E-state index contributed by atoms with van der Waals surface area (Å²) in [5, 5.41) is 0. The lowest BCUT2D eigenvalue weighted by atomic mass is 9.89. The van der Waals surface area contributed by atoms with Crippen LogP contribution in [0.5, 0.6) is 5.75 Å². The molecule has 0 bridgehead atoms. The maximum Gasteiger partial charge on any atom is 0.290 e. The average Bonchev–Trinajstić information content (AvgIpc) is 2.74. The van der Waals surface area contributed by atoms with E-state index in [1.807, 2.05) is 12.1 Å². The minimum atomic E-state index is -0.633. The number of carbonyl (C=O) groups is 2. The first-order valence-corrected chi connectivity index (χ1v) is 11.4. The van der Waals surface area contributed by atoms with Gasteiger partial charge >= 0.3 is 0 Å². The number of ketones is 1. The van der Waals surface area contributed by atoms with Crippen molar-refractivity contribution in [1.29, 1.82) is 0 Å². The van der Waals surface area contributed by atoms with Gasteiger partial charge in [-0.1, -0.05) is 45.7 Å². The lowest BCUT2D eigenvalue weighted by Crippen LogP contribution is -2.51. The quantitative estimate of drug-likeness (QED) is 0.383. The Hall–Kier alpha value is -1.88. The standard InChI is InChI=1S/C25H39NO4/c1-25(2,3)23(27)24(28)26-17-9-8-12-21(26)19-30-18-10-6-5-7-11-20-13-15-22(29-4)16-14-20/h13-16,21H,5-12,17-19H2,1-4H3/t21-/m0/s1. The molecule has 5 nitrogen and oxygen atoms in total. The number of hydrogen-bond acceptors (Lipinski definition) is 4. The van der Waals surface area contributed by atoms with E-state index in [4.69, 9.17) is 9.47 Å². The molecule has 0 saturated carbocycles. The Morgan fingerprint density at radius 2 is 1.73 bits per heavy atom. The van der Waals surface area contributed by atoms with Crippen LogP contribution >= 0.6 is 0 Å². The van der Waals surface area contributed by atoms with Gasteiger partial charge in [-0.3, -0.25) is 9.59 Å². The van der Waals surface area contributed by atoms with Gasteiger partial charge < -0.3 is 14.4 Å².